The first kappa shape index (κ1) is 16.6. The van der Waals surface area contributed by atoms with Gasteiger partial charge < -0.3 is 9.84 Å². The third kappa shape index (κ3) is 6.52. The first-order chi connectivity index (χ1) is 9.82. The number of carbonyl (C=O) groups excluding carboxylic acids is 1. The molecule has 0 unspecified atom stereocenters. The van der Waals surface area contributed by atoms with Gasteiger partial charge in [-0.05, 0) is 30.7 Å². The van der Waals surface area contributed by atoms with Gasteiger partial charge >= 0.3 is 11.9 Å². The molecule has 9 heteroatoms. The van der Waals surface area contributed by atoms with E-state index in [9.17, 15) is 18.0 Å². The highest BCUT2D eigenvalue weighted by Gasteiger charge is 2.17. The maximum Gasteiger partial charge on any atom is 0.328 e. The highest BCUT2D eigenvalue weighted by molar-refractivity contribution is 7.93. The number of carboxylic acids is 1. The Bertz CT molecular complexity index is 653. The van der Waals surface area contributed by atoms with E-state index in [-0.39, 0.29) is 12.4 Å². The lowest BCUT2D eigenvalue weighted by Crippen LogP contribution is -2.24. The van der Waals surface area contributed by atoms with E-state index in [4.69, 9.17) is 5.11 Å². The van der Waals surface area contributed by atoms with Crippen LogP contribution < -0.4 is 4.72 Å². The Morgan fingerprint density at radius 3 is 2.81 bits per heavy atom. The number of rotatable bonds is 7. The number of hydrogen-bond donors (Lipinski definition) is 2. The fraction of sp³-hybridized carbons (Fsp3) is 0.250. The molecule has 0 spiro atoms. The van der Waals surface area contributed by atoms with Crippen LogP contribution in [0.3, 0.4) is 0 Å². The first-order valence-electron chi connectivity index (χ1n) is 5.85. The van der Waals surface area contributed by atoms with Gasteiger partial charge in [-0.1, -0.05) is 0 Å². The van der Waals surface area contributed by atoms with Crippen molar-refractivity contribution in [1.29, 1.82) is 0 Å². The quantitative estimate of drug-likeness (QED) is 0.554. The van der Waals surface area contributed by atoms with Crippen LogP contribution in [-0.4, -0.2) is 42.8 Å². The van der Waals surface area contributed by atoms with Gasteiger partial charge in [-0.25, -0.2) is 18.2 Å². The van der Waals surface area contributed by atoms with Crippen molar-refractivity contribution >= 4 is 33.9 Å². The summed E-state index contributed by atoms with van der Waals surface area (Å²) in [5.41, 5.74) is 0.446. The van der Waals surface area contributed by atoms with Crippen LogP contribution >= 0.6 is 0 Å². The van der Waals surface area contributed by atoms with Crippen LogP contribution in [-0.2, 0) is 24.3 Å². The molecule has 114 valence electrons. The van der Waals surface area contributed by atoms with Crippen molar-refractivity contribution in [2.24, 2.45) is 0 Å². The van der Waals surface area contributed by atoms with Gasteiger partial charge in [-0.3, -0.25) is 9.52 Å². The lowest BCUT2D eigenvalue weighted by atomic mass is 10.2. The molecule has 1 heterocycles. The molecule has 0 amide bonds. The molecule has 1 aromatic rings. The van der Waals surface area contributed by atoms with Crippen LogP contribution in [0.2, 0.25) is 0 Å². The minimum atomic E-state index is -3.93. The van der Waals surface area contributed by atoms with Crippen molar-refractivity contribution < 1.29 is 27.9 Å². The molecule has 0 aliphatic rings. The molecule has 1 aromatic heterocycles. The number of aliphatic carboxylic acids is 1. The SMILES string of the molecule is CCOC(=O)CS(=O)(=O)Nc1cc(/C=C/C(=O)O)ccn1. The molecule has 0 saturated carbocycles. The number of sulfonamides is 1. The Morgan fingerprint density at radius 1 is 1.48 bits per heavy atom. The fourth-order valence-electron chi connectivity index (χ4n) is 1.33. The molecule has 0 atom stereocenters. The van der Waals surface area contributed by atoms with E-state index < -0.39 is 27.7 Å². The van der Waals surface area contributed by atoms with E-state index in [1.54, 1.807) is 6.92 Å². The zero-order valence-electron chi connectivity index (χ0n) is 11.1. The standard InChI is InChI=1S/C12H14N2O6S/c1-2-20-12(17)8-21(18,19)14-10-7-9(5-6-13-10)3-4-11(15)16/h3-7H,2,8H2,1H3,(H,13,14)(H,15,16)/b4-3+. The minimum absolute atomic E-state index is 0.0214. The number of pyridine rings is 1. The Kier molecular flexibility index (Phi) is 5.85. The summed E-state index contributed by atoms with van der Waals surface area (Å²) in [7, 11) is -3.93. The summed E-state index contributed by atoms with van der Waals surface area (Å²) in [5, 5.41) is 8.51. The van der Waals surface area contributed by atoms with Gasteiger partial charge in [0.1, 0.15) is 5.82 Å². The highest BCUT2D eigenvalue weighted by Crippen LogP contribution is 2.10. The molecular weight excluding hydrogens is 300 g/mol. The van der Waals surface area contributed by atoms with Gasteiger partial charge in [0, 0.05) is 12.3 Å². The maximum absolute atomic E-state index is 11.7. The first-order valence-corrected chi connectivity index (χ1v) is 7.51. The second kappa shape index (κ2) is 7.39. The van der Waals surface area contributed by atoms with Crippen LogP contribution in [0.4, 0.5) is 5.82 Å². The number of hydrogen-bond acceptors (Lipinski definition) is 6. The largest absolute Gasteiger partial charge is 0.478 e. The number of nitrogens with one attached hydrogen (secondary N) is 1. The molecule has 0 aliphatic carbocycles. The summed E-state index contributed by atoms with van der Waals surface area (Å²) in [6, 6.07) is 2.84. The summed E-state index contributed by atoms with van der Waals surface area (Å²) < 4.78 is 30.1. The zero-order valence-corrected chi connectivity index (χ0v) is 12.0. The summed E-state index contributed by atoms with van der Waals surface area (Å²) in [6.45, 7) is 1.65. The molecule has 0 radical (unpaired) electrons. The second-order valence-electron chi connectivity index (χ2n) is 3.81. The van der Waals surface area contributed by atoms with Gasteiger partial charge in [0.05, 0.1) is 6.61 Å². The maximum atomic E-state index is 11.7. The average Bonchev–Trinajstić information content (AvgIpc) is 2.35. The van der Waals surface area contributed by atoms with Crippen LogP contribution in [0.25, 0.3) is 6.08 Å². The normalized spacial score (nSPS) is 11.3. The minimum Gasteiger partial charge on any atom is -0.478 e. The van der Waals surface area contributed by atoms with Gasteiger partial charge in [0.15, 0.2) is 5.75 Å². The average molecular weight is 314 g/mol. The Hall–Kier alpha value is -2.42. The zero-order chi connectivity index (χ0) is 15.9. The van der Waals surface area contributed by atoms with Crippen molar-refractivity contribution in [3.8, 4) is 0 Å². The number of nitrogens with zero attached hydrogens (tertiary/aromatic N) is 1. The van der Waals surface area contributed by atoms with Crippen LogP contribution in [0.15, 0.2) is 24.4 Å². The van der Waals surface area contributed by atoms with E-state index in [0.717, 1.165) is 6.08 Å². The smallest absolute Gasteiger partial charge is 0.328 e. The van der Waals surface area contributed by atoms with Crippen LogP contribution in [0, 0.1) is 0 Å². The number of carbonyl (C=O) groups is 2. The third-order valence-electron chi connectivity index (χ3n) is 2.08. The van der Waals surface area contributed by atoms with E-state index in [1.165, 1.54) is 24.4 Å². The van der Waals surface area contributed by atoms with Crippen molar-refractivity contribution in [2.45, 2.75) is 6.92 Å². The lowest BCUT2D eigenvalue weighted by molar-refractivity contribution is -0.140. The Morgan fingerprint density at radius 2 is 2.19 bits per heavy atom. The van der Waals surface area contributed by atoms with E-state index >= 15 is 0 Å². The van der Waals surface area contributed by atoms with Crippen molar-refractivity contribution in [1.82, 2.24) is 4.98 Å². The summed E-state index contributed by atoms with van der Waals surface area (Å²) >= 11 is 0. The van der Waals surface area contributed by atoms with Crippen LogP contribution in [0.5, 0.6) is 0 Å². The number of aromatic nitrogens is 1. The van der Waals surface area contributed by atoms with Crippen molar-refractivity contribution in [3.63, 3.8) is 0 Å². The lowest BCUT2D eigenvalue weighted by Gasteiger charge is -2.07. The molecule has 0 saturated heterocycles. The second-order valence-corrected chi connectivity index (χ2v) is 5.53. The predicted molar refractivity (Wildman–Crippen MR) is 74.9 cm³/mol. The number of esters is 1. The van der Waals surface area contributed by atoms with E-state index in [1.807, 2.05) is 0 Å². The fourth-order valence-corrected chi connectivity index (χ4v) is 2.22. The molecule has 0 bridgehead atoms. The van der Waals surface area contributed by atoms with Gasteiger partial charge in [-0.2, -0.15) is 0 Å². The number of anilines is 1. The van der Waals surface area contributed by atoms with Gasteiger partial charge in [-0.15, -0.1) is 0 Å². The van der Waals surface area contributed by atoms with Crippen molar-refractivity contribution in [2.75, 3.05) is 17.1 Å². The number of ether oxygens (including phenoxy) is 1. The van der Waals surface area contributed by atoms with Crippen molar-refractivity contribution in [3.05, 3.63) is 30.0 Å². The van der Waals surface area contributed by atoms with E-state index in [0.29, 0.717) is 5.56 Å². The molecule has 2 N–H and O–H groups in total. The Labute approximate surface area is 121 Å². The molecule has 0 fully saturated rings. The molecule has 21 heavy (non-hydrogen) atoms. The topological polar surface area (TPSA) is 123 Å². The summed E-state index contributed by atoms with van der Waals surface area (Å²) in [4.78, 5) is 25.3. The molecule has 8 nitrogen and oxygen atoms in total. The summed E-state index contributed by atoms with van der Waals surface area (Å²) in [6.07, 6.45) is 3.50. The monoisotopic (exact) mass is 314 g/mol. The van der Waals surface area contributed by atoms with E-state index in [2.05, 4.69) is 14.4 Å². The molecule has 0 aliphatic heterocycles. The molecular formula is C12H14N2O6S. The van der Waals surface area contributed by atoms with Gasteiger partial charge in [0.25, 0.3) is 0 Å². The highest BCUT2D eigenvalue weighted by atomic mass is 32.2. The van der Waals surface area contributed by atoms with Gasteiger partial charge in [0.2, 0.25) is 10.0 Å². The summed E-state index contributed by atoms with van der Waals surface area (Å²) in [5.74, 6) is -2.84. The molecule has 1 rings (SSSR count). The molecule has 0 aromatic carbocycles. The predicted octanol–water partition coefficient (Wildman–Crippen LogP) is 0.484. The van der Waals surface area contributed by atoms with Crippen LogP contribution in [0.1, 0.15) is 12.5 Å². The third-order valence-corrected chi connectivity index (χ3v) is 3.21. The number of carboxylic acid groups (broad SMARTS) is 1. The Balaban J connectivity index is 2.80.